The average molecular weight is 262 g/mol. The second-order valence-corrected chi connectivity index (χ2v) is 4.36. The van der Waals surface area contributed by atoms with E-state index in [2.05, 4.69) is 4.98 Å². The van der Waals surface area contributed by atoms with Crippen LogP contribution in [0.5, 0.6) is 0 Å². The standard InChI is InChI=1S/C13H9ClFN3/c14-9-5-6-18-11(7-9)17-12(13(18)16)8-1-3-10(15)4-2-8/h1-7H,16H2. The molecule has 3 nitrogen and oxygen atoms in total. The Morgan fingerprint density at radius 2 is 1.89 bits per heavy atom. The van der Waals surface area contributed by atoms with Crippen molar-refractivity contribution in [1.82, 2.24) is 9.38 Å². The Morgan fingerprint density at radius 3 is 2.61 bits per heavy atom. The fraction of sp³-hybridized carbons (Fsp3) is 0. The van der Waals surface area contributed by atoms with E-state index in [0.717, 1.165) is 5.56 Å². The minimum Gasteiger partial charge on any atom is -0.383 e. The second kappa shape index (κ2) is 3.99. The summed E-state index contributed by atoms with van der Waals surface area (Å²) in [4.78, 5) is 4.40. The highest BCUT2D eigenvalue weighted by Gasteiger charge is 2.11. The lowest BCUT2D eigenvalue weighted by atomic mass is 10.1. The molecule has 0 spiro atoms. The number of anilines is 1. The lowest BCUT2D eigenvalue weighted by molar-refractivity contribution is 0.628. The monoisotopic (exact) mass is 261 g/mol. The van der Waals surface area contributed by atoms with Crippen LogP contribution < -0.4 is 5.73 Å². The summed E-state index contributed by atoms with van der Waals surface area (Å²) in [6.45, 7) is 0. The maximum atomic E-state index is 12.9. The Hall–Kier alpha value is -2.07. The van der Waals surface area contributed by atoms with Gasteiger partial charge in [0.25, 0.3) is 0 Å². The molecule has 2 N–H and O–H groups in total. The van der Waals surface area contributed by atoms with Crippen LogP contribution in [-0.4, -0.2) is 9.38 Å². The Bertz CT molecular complexity index is 719. The number of pyridine rings is 1. The Morgan fingerprint density at radius 1 is 1.17 bits per heavy atom. The molecule has 0 saturated heterocycles. The molecule has 0 aliphatic heterocycles. The van der Waals surface area contributed by atoms with Crippen molar-refractivity contribution in [3.63, 3.8) is 0 Å². The topological polar surface area (TPSA) is 43.3 Å². The molecule has 1 aromatic carbocycles. The van der Waals surface area contributed by atoms with Gasteiger partial charge in [-0.1, -0.05) is 11.6 Å². The number of hydrogen-bond acceptors (Lipinski definition) is 2. The highest BCUT2D eigenvalue weighted by atomic mass is 35.5. The van der Waals surface area contributed by atoms with Crippen molar-refractivity contribution >= 4 is 23.1 Å². The molecule has 2 heterocycles. The fourth-order valence-electron chi connectivity index (χ4n) is 1.86. The van der Waals surface area contributed by atoms with Crippen molar-refractivity contribution < 1.29 is 4.39 Å². The van der Waals surface area contributed by atoms with Gasteiger partial charge in [-0.3, -0.25) is 4.40 Å². The second-order valence-electron chi connectivity index (χ2n) is 3.93. The number of aromatic nitrogens is 2. The Labute approximate surface area is 108 Å². The van der Waals surface area contributed by atoms with Crippen molar-refractivity contribution in [2.75, 3.05) is 5.73 Å². The van der Waals surface area contributed by atoms with Crippen molar-refractivity contribution in [2.24, 2.45) is 0 Å². The van der Waals surface area contributed by atoms with Gasteiger partial charge in [-0.05, 0) is 30.3 Å². The van der Waals surface area contributed by atoms with Gasteiger partial charge in [0.2, 0.25) is 0 Å². The third kappa shape index (κ3) is 1.71. The van der Waals surface area contributed by atoms with Crippen LogP contribution in [0.4, 0.5) is 10.2 Å². The lowest BCUT2D eigenvalue weighted by Crippen LogP contribution is -1.93. The van der Waals surface area contributed by atoms with Crippen LogP contribution in [0.25, 0.3) is 16.9 Å². The molecule has 3 rings (SSSR count). The molecule has 90 valence electrons. The molecule has 0 unspecified atom stereocenters. The van der Waals surface area contributed by atoms with Gasteiger partial charge in [-0.2, -0.15) is 0 Å². The van der Waals surface area contributed by atoms with Crippen molar-refractivity contribution in [3.8, 4) is 11.3 Å². The third-order valence-electron chi connectivity index (χ3n) is 2.74. The summed E-state index contributed by atoms with van der Waals surface area (Å²) in [7, 11) is 0. The Kier molecular flexibility index (Phi) is 2.45. The summed E-state index contributed by atoms with van der Waals surface area (Å²) in [5.41, 5.74) is 8.08. The van der Waals surface area contributed by atoms with E-state index in [9.17, 15) is 4.39 Å². The molecule has 0 aliphatic carbocycles. The van der Waals surface area contributed by atoms with E-state index in [1.807, 2.05) is 0 Å². The first kappa shape index (κ1) is 11.0. The number of imidazole rings is 1. The first-order valence-corrected chi connectivity index (χ1v) is 5.72. The molecule has 5 heteroatoms. The van der Waals surface area contributed by atoms with Crippen molar-refractivity contribution in [3.05, 3.63) is 53.4 Å². The fourth-order valence-corrected chi connectivity index (χ4v) is 2.01. The molecule has 2 aromatic heterocycles. The predicted molar refractivity (Wildman–Crippen MR) is 70.0 cm³/mol. The van der Waals surface area contributed by atoms with E-state index in [4.69, 9.17) is 17.3 Å². The minimum atomic E-state index is -0.288. The highest BCUT2D eigenvalue weighted by molar-refractivity contribution is 6.30. The highest BCUT2D eigenvalue weighted by Crippen LogP contribution is 2.27. The minimum absolute atomic E-state index is 0.288. The maximum absolute atomic E-state index is 12.9. The van der Waals surface area contributed by atoms with Gasteiger partial charge in [0.15, 0.2) is 0 Å². The van der Waals surface area contributed by atoms with Gasteiger partial charge < -0.3 is 5.73 Å². The van der Waals surface area contributed by atoms with Crippen LogP contribution in [0.3, 0.4) is 0 Å². The van der Waals surface area contributed by atoms with Gasteiger partial charge >= 0.3 is 0 Å². The molecule has 0 fully saturated rings. The van der Waals surface area contributed by atoms with Crippen LogP contribution in [0.1, 0.15) is 0 Å². The number of nitrogens with zero attached hydrogens (tertiary/aromatic N) is 2. The number of benzene rings is 1. The van der Waals surface area contributed by atoms with Gasteiger partial charge in [0, 0.05) is 22.8 Å². The zero-order valence-electron chi connectivity index (χ0n) is 9.27. The largest absolute Gasteiger partial charge is 0.383 e. The first-order chi connectivity index (χ1) is 8.65. The number of halogens is 2. The maximum Gasteiger partial charge on any atom is 0.140 e. The zero-order chi connectivity index (χ0) is 12.7. The normalized spacial score (nSPS) is 11.0. The molecule has 0 amide bonds. The van der Waals surface area contributed by atoms with Crippen LogP contribution in [0, 0.1) is 5.82 Å². The molecular formula is C13H9ClFN3. The quantitative estimate of drug-likeness (QED) is 0.730. The van der Waals surface area contributed by atoms with Crippen LogP contribution in [0.15, 0.2) is 42.6 Å². The van der Waals surface area contributed by atoms with Gasteiger partial charge in [-0.25, -0.2) is 9.37 Å². The molecule has 3 aromatic rings. The van der Waals surface area contributed by atoms with E-state index in [-0.39, 0.29) is 5.82 Å². The smallest absolute Gasteiger partial charge is 0.140 e. The van der Waals surface area contributed by atoms with E-state index < -0.39 is 0 Å². The zero-order valence-corrected chi connectivity index (χ0v) is 10.0. The molecule has 0 aliphatic rings. The number of hydrogen-bond donors (Lipinski definition) is 1. The summed E-state index contributed by atoms with van der Waals surface area (Å²) in [6.07, 6.45) is 1.76. The van der Waals surface area contributed by atoms with Crippen LogP contribution >= 0.6 is 11.6 Å². The summed E-state index contributed by atoms with van der Waals surface area (Å²) < 4.78 is 14.6. The third-order valence-corrected chi connectivity index (χ3v) is 2.98. The van der Waals surface area contributed by atoms with Gasteiger partial charge in [-0.15, -0.1) is 0 Å². The predicted octanol–water partition coefficient (Wildman–Crippen LogP) is 3.38. The first-order valence-electron chi connectivity index (χ1n) is 5.34. The van der Waals surface area contributed by atoms with Crippen molar-refractivity contribution in [1.29, 1.82) is 0 Å². The van der Waals surface area contributed by atoms with Crippen LogP contribution in [0.2, 0.25) is 5.02 Å². The molecule has 0 atom stereocenters. The SMILES string of the molecule is Nc1c(-c2ccc(F)cc2)nc2cc(Cl)ccn12. The summed E-state index contributed by atoms with van der Waals surface area (Å²) in [5, 5.41) is 0.596. The molecule has 0 radical (unpaired) electrons. The lowest BCUT2D eigenvalue weighted by Gasteiger charge is -1.99. The van der Waals surface area contributed by atoms with Gasteiger partial charge in [0.1, 0.15) is 23.0 Å². The van der Waals surface area contributed by atoms with Crippen molar-refractivity contribution in [2.45, 2.75) is 0 Å². The van der Waals surface area contributed by atoms with Gasteiger partial charge in [0.05, 0.1) is 0 Å². The molecule has 0 bridgehead atoms. The van der Waals surface area contributed by atoms with E-state index in [0.29, 0.717) is 22.2 Å². The van der Waals surface area contributed by atoms with E-state index in [1.165, 1.54) is 12.1 Å². The van der Waals surface area contributed by atoms with Crippen LogP contribution in [-0.2, 0) is 0 Å². The number of rotatable bonds is 1. The molecule has 18 heavy (non-hydrogen) atoms. The number of nitrogens with two attached hydrogens (primary N) is 1. The molecular weight excluding hydrogens is 253 g/mol. The summed E-state index contributed by atoms with van der Waals surface area (Å²) >= 11 is 5.90. The Balaban J connectivity index is 2.23. The summed E-state index contributed by atoms with van der Waals surface area (Å²) in [6, 6.07) is 9.52. The number of fused-ring (bicyclic) bond motifs is 1. The number of nitrogen functional groups attached to an aromatic ring is 1. The molecule has 0 saturated carbocycles. The van der Waals surface area contributed by atoms with E-state index in [1.54, 1.807) is 34.9 Å². The van der Waals surface area contributed by atoms with E-state index >= 15 is 0 Å². The summed E-state index contributed by atoms with van der Waals surface area (Å²) in [5.74, 6) is 0.220. The average Bonchev–Trinajstić information content (AvgIpc) is 2.67.